The summed E-state index contributed by atoms with van der Waals surface area (Å²) < 4.78 is 7.58. The van der Waals surface area contributed by atoms with Gasteiger partial charge in [-0.2, -0.15) is 0 Å². The van der Waals surface area contributed by atoms with Gasteiger partial charge >= 0.3 is 0 Å². The largest absolute Gasteiger partial charge is 0.487 e. The predicted octanol–water partition coefficient (Wildman–Crippen LogP) is 3.00. The van der Waals surface area contributed by atoms with Crippen molar-refractivity contribution in [2.24, 2.45) is 0 Å². The number of hydrogen-bond acceptors (Lipinski definition) is 6. The number of carbonyl (C=O) groups is 1. The van der Waals surface area contributed by atoms with E-state index in [0.717, 1.165) is 16.3 Å². The van der Waals surface area contributed by atoms with E-state index in [-0.39, 0.29) is 12.5 Å². The lowest BCUT2D eigenvalue weighted by Gasteiger charge is -2.08. The van der Waals surface area contributed by atoms with Crippen molar-refractivity contribution in [3.8, 4) is 5.75 Å². The number of aryl methyl sites for hydroxylation is 1. The van der Waals surface area contributed by atoms with Gasteiger partial charge in [-0.05, 0) is 37.3 Å². The molecule has 1 N–H and O–H groups in total. The lowest BCUT2D eigenvalue weighted by Crippen LogP contribution is -2.24. The van der Waals surface area contributed by atoms with E-state index in [1.807, 2.05) is 47.2 Å². The number of hydrogen-bond donors (Lipinski definition) is 1. The summed E-state index contributed by atoms with van der Waals surface area (Å²) in [6, 6.07) is 12.7. The Morgan fingerprint density at radius 3 is 3.00 bits per heavy atom. The van der Waals surface area contributed by atoms with Crippen molar-refractivity contribution in [2.75, 3.05) is 0 Å². The van der Waals surface area contributed by atoms with Crippen LogP contribution in [0.3, 0.4) is 0 Å². The van der Waals surface area contributed by atoms with E-state index in [9.17, 15) is 4.79 Å². The maximum absolute atomic E-state index is 12.5. The Bertz CT molecular complexity index is 1090. The van der Waals surface area contributed by atoms with Crippen molar-refractivity contribution < 1.29 is 9.53 Å². The van der Waals surface area contributed by atoms with Crippen LogP contribution in [0.4, 0.5) is 0 Å². The van der Waals surface area contributed by atoms with Gasteiger partial charge in [0.25, 0.3) is 5.91 Å². The fourth-order valence-electron chi connectivity index (χ4n) is 2.63. The second-order valence-corrected chi connectivity index (χ2v) is 6.96. The van der Waals surface area contributed by atoms with Crippen molar-refractivity contribution in [3.05, 3.63) is 76.1 Å². The molecule has 0 aliphatic heterocycles. The molecule has 3 heterocycles. The van der Waals surface area contributed by atoms with E-state index < -0.39 is 0 Å². The number of rotatable bonds is 6. The van der Waals surface area contributed by atoms with Gasteiger partial charge in [0, 0.05) is 17.1 Å². The van der Waals surface area contributed by atoms with Crippen LogP contribution in [0.2, 0.25) is 0 Å². The number of carbonyl (C=O) groups excluding carboxylic acids is 1. The summed E-state index contributed by atoms with van der Waals surface area (Å²) in [6.45, 7) is 2.62. The Labute approximate surface area is 159 Å². The zero-order valence-corrected chi connectivity index (χ0v) is 15.4. The molecule has 0 aliphatic rings. The summed E-state index contributed by atoms with van der Waals surface area (Å²) >= 11 is 1.59. The molecule has 1 amide bonds. The Morgan fingerprint density at radius 2 is 2.15 bits per heavy atom. The molecular formula is C19H17N5O2S. The Morgan fingerprint density at radius 1 is 1.22 bits per heavy atom. The second-order valence-electron chi connectivity index (χ2n) is 5.90. The predicted molar refractivity (Wildman–Crippen MR) is 102 cm³/mol. The Balaban J connectivity index is 1.39. The van der Waals surface area contributed by atoms with Crippen LogP contribution in [0.5, 0.6) is 5.75 Å². The average molecular weight is 379 g/mol. The van der Waals surface area contributed by atoms with Crippen LogP contribution in [0.25, 0.3) is 5.65 Å². The minimum absolute atomic E-state index is 0.197. The minimum atomic E-state index is -0.197. The number of fused-ring (bicyclic) bond motifs is 1. The van der Waals surface area contributed by atoms with Crippen LogP contribution < -0.4 is 10.1 Å². The van der Waals surface area contributed by atoms with E-state index in [0.29, 0.717) is 23.7 Å². The Hall–Kier alpha value is -3.26. The van der Waals surface area contributed by atoms with E-state index in [2.05, 4.69) is 20.5 Å². The van der Waals surface area contributed by atoms with Crippen LogP contribution in [-0.4, -0.2) is 25.5 Å². The van der Waals surface area contributed by atoms with E-state index in [1.165, 1.54) is 0 Å². The summed E-state index contributed by atoms with van der Waals surface area (Å²) in [5, 5.41) is 14.0. The first-order chi connectivity index (χ1) is 13.2. The maximum Gasteiger partial charge on any atom is 0.251 e. The van der Waals surface area contributed by atoms with E-state index in [1.54, 1.807) is 29.5 Å². The van der Waals surface area contributed by atoms with Crippen molar-refractivity contribution in [1.29, 1.82) is 0 Å². The molecule has 136 valence electrons. The van der Waals surface area contributed by atoms with Gasteiger partial charge in [0.05, 0.1) is 17.2 Å². The van der Waals surface area contributed by atoms with Gasteiger partial charge in [-0.25, -0.2) is 4.98 Å². The van der Waals surface area contributed by atoms with Gasteiger partial charge in [0.2, 0.25) is 0 Å². The van der Waals surface area contributed by atoms with Gasteiger partial charge in [-0.15, -0.1) is 21.5 Å². The third-order valence-electron chi connectivity index (χ3n) is 3.94. The number of nitrogens with zero attached hydrogens (tertiary/aromatic N) is 4. The summed E-state index contributed by atoms with van der Waals surface area (Å²) in [6.07, 6.45) is 1.87. The summed E-state index contributed by atoms with van der Waals surface area (Å²) in [5.74, 6) is 1.10. The van der Waals surface area contributed by atoms with Crippen molar-refractivity contribution in [2.45, 2.75) is 20.1 Å². The van der Waals surface area contributed by atoms with Gasteiger partial charge in [-0.3, -0.25) is 9.20 Å². The number of thiazole rings is 1. The highest BCUT2D eigenvalue weighted by atomic mass is 32.1. The molecule has 4 rings (SSSR count). The number of aromatic nitrogens is 4. The summed E-state index contributed by atoms with van der Waals surface area (Å²) in [7, 11) is 0. The van der Waals surface area contributed by atoms with E-state index >= 15 is 0 Å². The highest BCUT2D eigenvalue weighted by molar-refractivity contribution is 7.09. The summed E-state index contributed by atoms with van der Waals surface area (Å²) in [5.41, 5.74) is 2.15. The average Bonchev–Trinajstić information content (AvgIpc) is 3.30. The molecule has 0 saturated carbocycles. The van der Waals surface area contributed by atoms with Crippen molar-refractivity contribution in [3.63, 3.8) is 0 Å². The number of ether oxygens (including phenoxy) is 1. The number of benzene rings is 1. The zero-order valence-electron chi connectivity index (χ0n) is 14.6. The highest BCUT2D eigenvalue weighted by Gasteiger charge is 2.10. The molecule has 0 fully saturated rings. The van der Waals surface area contributed by atoms with Crippen molar-refractivity contribution >= 4 is 22.9 Å². The van der Waals surface area contributed by atoms with Gasteiger partial charge in [0.1, 0.15) is 12.4 Å². The van der Waals surface area contributed by atoms with Gasteiger partial charge in [0.15, 0.2) is 11.5 Å². The number of amides is 1. The molecule has 0 spiro atoms. The third-order valence-corrected chi connectivity index (χ3v) is 4.76. The maximum atomic E-state index is 12.5. The molecule has 0 atom stereocenters. The first-order valence-corrected chi connectivity index (χ1v) is 9.28. The molecule has 0 radical (unpaired) electrons. The molecule has 3 aromatic heterocycles. The quantitative estimate of drug-likeness (QED) is 0.557. The number of nitrogens with one attached hydrogen (secondary N) is 1. The lowest BCUT2D eigenvalue weighted by atomic mass is 10.2. The topological polar surface area (TPSA) is 81.4 Å². The molecule has 8 heteroatoms. The molecule has 4 aromatic rings. The number of pyridine rings is 1. The van der Waals surface area contributed by atoms with Crippen molar-refractivity contribution in [1.82, 2.24) is 24.9 Å². The van der Waals surface area contributed by atoms with Crippen LogP contribution in [0.15, 0.2) is 54.0 Å². The molecule has 7 nitrogen and oxygen atoms in total. The Kier molecular flexibility index (Phi) is 4.80. The van der Waals surface area contributed by atoms with E-state index in [4.69, 9.17) is 4.74 Å². The molecule has 0 unspecified atom stereocenters. The standard InChI is InChI=1S/C19H17N5O2S/c1-13-21-15(12-27-13)11-26-16-6-4-5-14(9-16)19(25)20-10-18-23-22-17-7-2-3-8-24(17)18/h2-9,12H,10-11H2,1H3,(H,20,25). The first-order valence-electron chi connectivity index (χ1n) is 8.40. The molecule has 0 bridgehead atoms. The van der Waals surface area contributed by atoms with Gasteiger partial charge in [-0.1, -0.05) is 12.1 Å². The molecule has 0 aliphatic carbocycles. The minimum Gasteiger partial charge on any atom is -0.487 e. The fourth-order valence-corrected chi connectivity index (χ4v) is 3.23. The monoisotopic (exact) mass is 379 g/mol. The summed E-state index contributed by atoms with van der Waals surface area (Å²) in [4.78, 5) is 16.8. The normalized spacial score (nSPS) is 10.9. The lowest BCUT2D eigenvalue weighted by molar-refractivity contribution is 0.0949. The first kappa shape index (κ1) is 17.2. The smallest absolute Gasteiger partial charge is 0.251 e. The molecule has 1 aromatic carbocycles. The SMILES string of the molecule is Cc1nc(COc2cccc(C(=O)NCc3nnc4ccccn34)c2)cs1. The molecule has 27 heavy (non-hydrogen) atoms. The highest BCUT2D eigenvalue weighted by Crippen LogP contribution is 2.16. The van der Waals surface area contributed by atoms with Gasteiger partial charge < -0.3 is 10.1 Å². The second kappa shape index (κ2) is 7.55. The molecular weight excluding hydrogens is 362 g/mol. The van der Waals surface area contributed by atoms with Crippen LogP contribution in [0.1, 0.15) is 26.9 Å². The fraction of sp³-hybridized carbons (Fsp3) is 0.158. The van der Waals surface area contributed by atoms with Crippen LogP contribution in [-0.2, 0) is 13.2 Å². The zero-order chi connectivity index (χ0) is 18.6. The van der Waals surface area contributed by atoms with Crippen LogP contribution >= 0.6 is 11.3 Å². The van der Waals surface area contributed by atoms with Crippen LogP contribution in [0, 0.1) is 6.92 Å². The molecule has 0 saturated heterocycles. The third kappa shape index (κ3) is 3.95.